The molecule has 0 heterocycles. The van der Waals surface area contributed by atoms with Gasteiger partial charge in [-0.15, -0.1) is 0 Å². The second kappa shape index (κ2) is 4.96. The smallest absolute Gasteiger partial charge is 0.173 e. The lowest BCUT2D eigenvalue weighted by molar-refractivity contribution is 0.318. The van der Waals surface area contributed by atoms with Crippen LogP contribution in [0.15, 0.2) is 27.8 Å². The molecular formula is C12H16BrN3O. The topological polar surface area (TPSA) is 61.8 Å². The van der Waals surface area contributed by atoms with E-state index in [-0.39, 0.29) is 5.84 Å². The van der Waals surface area contributed by atoms with Gasteiger partial charge in [-0.2, -0.15) is 0 Å². The Morgan fingerprint density at radius 3 is 2.76 bits per heavy atom. The maximum Gasteiger partial charge on any atom is 0.173 e. The third kappa shape index (κ3) is 2.24. The van der Waals surface area contributed by atoms with E-state index in [1.54, 1.807) is 0 Å². The monoisotopic (exact) mass is 297 g/mol. The minimum atomic E-state index is 0.138. The van der Waals surface area contributed by atoms with Gasteiger partial charge in [-0.1, -0.05) is 11.2 Å². The molecule has 0 radical (unpaired) electrons. The van der Waals surface area contributed by atoms with E-state index in [4.69, 9.17) is 10.9 Å². The second-order valence-electron chi connectivity index (χ2n) is 4.31. The average molecular weight is 298 g/mol. The second-order valence-corrected chi connectivity index (χ2v) is 5.17. The maximum atomic E-state index is 8.85. The molecule has 1 fully saturated rings. The first-order valence-electron chi connectivity index (χ1n) is 5.64. The molecule has 5 heteroatoms. The predicted molar refractivity (Wildman–Crippen MR) is 72.7 cm³/mol. The van der Waals surface area contributed by atoms with E-state index in [9.17, 15) is 0 Å². The summed E-state index contributed by atoms with van der Waals surface area (Å²) in [6, 6.07) is 6.42. The predicted octanol–water partition coefficient (Wildman–Crippen LogP) is 2.53. The van der Waals surface area contributed by atoms with E-state index in [1.807, 2.05) is 18.2 Å². The van der Waals surface area contributed by atoms with E-state index >= 15 is 0 Å². The molecule has 0 amide bonds. The van der Waals surface area contributed by atoms with Crippen LogP contribution in [0, 0.1) is 0 Å². The summed E-state index contributed by atoms with van der Waals surface area (Å²) in [6.45, 7) is 0. The van der Waals surface area contributed by atoms with E-state index < -0.39 is 0 Å². The highest BCUT2D eigenvalue weighted by atomic mass is 79.9. The lowest BCUT2D eigenvalue weighted by Gasteiger charge is -2.37. The first-order valence-corrected chi connectivity index (χ1v) is 6.43. The van der Waals surface area contributed by atoms with Gasteiger partial charge in [-0.25, -0.2) is 0 Å². The summed E-state index contributed by atoms with van der Waals surface area (Å²) in [5, 5.41) is 12.0. The summed E-state index contributed by atoms with van der Waals surface area (Å²) in [7, 11) is 2.06. The van der Waals surface area contributed by atoms with Crippen LogP contribution in [0.25, 0.3) is 0 Å². The molecule has 17 heavy (non-hydrogen) atoms. The highest BCUT2D eigenvalue weighted by Crippen LogP contribution is 2.33. The summed E-state index contributed by atoms with van der Waals surface area (Å²) in [6.07, 6.45) is 3.69. The van der Waals surface area contributed by atoms with Crippen LogP contribution in [-0.4, -0.2) is 24.1 Å². The Balaban J connectivity index is 2.41. The summed E-state index contributed by atoms with van der Waals surface area (Å²) < 4.78 is 0.844. The van der Waals surface area contributed by atoms with Gasteiger partial charge < -0.3 is 15.8 Å². The third-order valence-corrected chi connectivity index (χ3v) is 4.02. The number of hydrogen-bond acceptors (Lipinski definition) is 3. The molecule has 4 nitrogen and oxygen atoms in total. The Labute approximate surface area is 109 Å². The van der Waals surface area contributed by atoms with Gasteiger partial charge in [-0.3, -0.25) is 0 Å². The Bertz CT molecular complexity index is 443. The van der Waals surface area contributed by atoms with Crippen molar-refractivity contribution in [1.29, 1.82) is 0 Å². The van der Waals surface area contributed by atoms with Crippen molar-refractivity contribution in [3.05, 3.63) is 28.2 Å². The van der Waals surface area contributed by atoms with Crippen LogP contribution in [0.1, 0.15) is 24.8 Å². The molecule has 0 aromatic heterocycles. The van der Waals surface area contributed by atoms with Gasteiger partial charge in [0.25, 0.3) is 0 Å². The van der Waals surface area contributed by atoms with Crippen molar-refractivity contribution in [2.24, 2.45) is 10.9 Å². The largest absolute Gasteiger partial charge is 0.409 e. The molecule has 0 unspecified atom stereocenters. The zero-order valence-corrected chi connectivity index (χ0v) is 11.3. The van der Waals surface area contributed by atoms with E-state index in [1.165, 1.54) is 19.3 Å². The SMILES string of the molecule is CN(c1cccc(Br)c1/C(N)=N/O)C1CCC1. The minimum absolute atomic E-state index is 0.138. The van der Waals surface area contributed by atoms with Crippen molar-refractivity contribution in [3.8, 4) is 0 Å². The molecule has 0 atom stereocenters. The number of halogens is 1. The summed E-state index contributed by atoms with van der Waals surface area (Å²) >= 11 is 3.45. The van der Waals surface area contributed by atoms with Gasteiger partial charge in [0.05, 0.1) is 5.56 Å². The first kappa shape index (κ1) is 12.2. The van der Waals surface area contributed by atoms with Crippen LogP contribution >= 0.6 is 15.9 Å². The molecule has 0 aliphatic heterocycles. The van der Waals surface area contributed by atoms with Gasteiger partial charge in [0.1, 0.15) is 0 Å². The molecule has 2 rings (SSSR count). The molecule has 1 aromatic carbocycles. The number of oxime groups is 1. The molecule has 1 saturated carbocycles. The van der Waals surface area contributed by atoms with Gasteiger partial charge in [0.15, 0.2) is 5.84 Å². The fourth-order valence-electron chi connectivity index (χ4n) is 2.08. The number of amidine groups is 1. The van der Waals surface area contributed by atoms with Crippen molar-refractivity contribution in [1.82, 2.24) is 0 Å². The molecule has 1 aliphatic rings. The molecule has 1 aromatic rings. The van der Waals surface area contributed by atoms with Crippen LogP contribution in [-0.2, 0) is 0 Å². The van der Waals surface area contributed by atoms with Crippen LogP contribution < -0.4 is 10.6 Å². The van der Waals surface area contributed by atoms with Gasteiger partial charge >= 0.3 is 0 Å². The quantitative estimate of drug-likeness (QED) is 0.390. The molecule has 92 valence electrons. The maximum absolute atomic E-state index is 8.85. The van der Waals surface area contributed by atoms with Crippen molar-refractivity contribution in [3.63, 3.8) is 0 Å². The Hall–Kier alpha value is -1.23. The van der Waals surface area contributed by atoms with E-state index in [0.29, 0.717) is 6.04 Å². The Morgan fingerprint density at radius 1 is 1.53 bits per heavy atom. The fraction of sp³-hybridized carbons (Fsp3) is 0.417. The molecule has 0 bridgehead atoms. The summed E-state index contributed by atoms with van der Waals surface area (Å²) in [4.78, 5) is 2.21. The molecule has 3 N–H and O–H groups in total. The van der Waals surface area contributed by atoms with E-state index in [2.05, 4.69) is 33.0 Å². The zero-order chi connectivity index (χ0) is 12.4. The highest BCUT2D eigenvalue weighted by molar-refractivity contribution is 9.10. The highest BCUT2D eigenvalue weighted by Gasteiger charge is 2.25. The van der Waals surface area contributed by atoms with Crippen LogP contribution in [0.5, 0.6) is 0 Å². The number of nitrogens with two attached hydrogens (primary N) is 1. The lowest BCUT2D eigenvalue weighted by atomic mass is 9.91. The lowest BCUT2D eigenvalue weighted by Crippen LogP contribution is -2.38. The van der Waals surface area contributed by atoms with Crippen molar-refractivity contribution < 1.29 is 5.21 Å². The molecule has 0 spiro atoms. The van der Waals surface area contributed by atoms with Crippen molar-refractivity contribution in [2.45, 2.75) is 25.3 Å². The third-order valence-electron chi connectivity index (χ3n) is 3.36. The summed E-state index contributed by atoms with van der Waals surface area (Å²) in [5.41, 5.74) is 7.49. The van der Waals surface area contributed by atoms with Crippen LogP contribution in [0.2, 0.25) is 0 Å². The average Bonchev–Trinajstić information content (AvgIpc) is 2.25. The first-order chi connectivity index (χ1) is 8.15. The fourth-order valence-corrected chi connectivity index (χ4v) is 2.64. The molecular weight excluding hydrogens is 282 g/mol. The standard InChI is InChI=1S/C12H16BrN3O/c1-16(8-4-2-5-8)10-7-3-6-9(13)11(10)12(14)15-17/h3,6-8,17H,2,4-5H2,1H3,(H2,14,15). The number of anilines is 1. The number of benzene rings is 1. The molecule has 1 aliphatic carbocycles. The van der Waals surface area contributed by atoms with Gasteiger partial charge in [-0.05, 0) is 47.3 Å². The minimum Gasteiger partial charge on any atom is -0.409 e. The Morgan fingerprint density at radius 2 is 2.24 bits per heavy atom. The number of rotatable bonds is 3. The van der Waals surface area contributed by atoms with Crippen LogP contribution in [0.4, 0.5) is 5.69 Å². The molecule has 0 saturated heterocycles. The number of hydrogen-bond donors (Lipinski definition) is 2. The van der Waals surface area contributed by atoms with Gasteiger partial charge in [0.2, 0.25) is 0 Å². The Kier molecular flexibility index (Phi) is 3.57. The van der Waals surface area contributed by atoms with Gasteiger partial charge in [0, 0.05) is 23.2 Å². The number of nitrogens with zero attached hydrogens (tertiary/aromatic N) is 2. The normalized spacial score (nSPS) is 16.7. The van der Waals surface area contributed by atoms with Crippen molar-refractivity contribution >= 4 is 27.5 Å². The van der Waals surface area contributed by atoms with Crippen LogP contribution in [0.3, 0.4) is 0 Å². The zero-order valence-electron chi connectivity index (χ0n) is 9.73. The van der Waals surface area contributed by atoms with Crippen molar-refractivity contribution in [2.75, 3.05) is 11.9 Å². The van der Waals surface area contributed by atoms with E-state index in [0.717, 1.165) is 15.7 Å². The summed E-state index contributed by atoms with van der Waals surface area (Å²) in [5.74, 6) is 0.138.